The number of hydrazine groups is 1. The number of nitrogens with two attached hydrogens (primary N) is 1. The predicted molar refractivity (Wildman–Crippen MR) is 56.3 cm³/mol. The summed E-state index contributed by atoms with van der Waals surface area (Å²) in [6.45, 7) is 0. The minimum absolute atomic E-state index is 0.0444. The van der Waals surface area contributed by atoms with Crippen LogP contribution in [0.1, 0.15) is 16.1 Å². The van der Waals surface area contributed by atoms with Gasteiger partial charge in [0.05, 0.1) is 5.56 Å². The summed E-state index contributed by atoms with van der Waals surface area (Å²) in [6, 6.07) is 4.81. The number of thiocarbonyl (C=S) groups is 1. The van der Waals surface area contributed by atoms with Crippen molar-refractivity contribution < 1.29 is 4.79 Å². The minimum atomic E-state index is -0.479. The Labute approximate surface area is 91.1 Å². The van der Waals surface area contributed by atoms with E-state index in [4.69, 9.17) is 11.0 Å². The lowest BCUT2D eigenvalue weighted by Crippen LogP contribution is -2.44. The third-order valence-electron chi connectivity index (χ3n) is 1.42. The fourth-order valence-corrected chi connectivity index (χ4v) is 0.828. The number of aromatic nitrogens is 1. The standard InChI is InChI=1S/C8H7N5OS/c9-3-5-1-2-6(11-4-5)7(14)12-13-8(10)15/h1-2,4H,(H,12,14)(H3,10,13,15). The molecule has 0 spiro atoms. The summed E-state index contributed by atoms with van der Waals surface area (Å²) in [5, 5.41) is 8.46. The molecule has 6 nitrogen and oxygen atoms in total. The number of nitrogens with zero attached hydrogens (tertiary/aromatic N) is 2. The van der Waals surface area contributed by atoms with Gasteiger partial charge < -0.3 is 5.73 Å². The summed E-state index contributed by atoms with van der Waals surface area (Å²) in [5.41, 5.74) is 10.2. The maximum absolute atomic E-state index is 11.3. The van der Waals surface area contributed by atoms with Crippen LogP contribution in [0, 0.1) is 11.3 Å². The van der Waals surface area contributed by atoms with Gasteiger partial charge in [0.2, 0.25) is 0 Å². The number of pyridine rings is 1. The van der Waals surface area contributed by atoms with Crippen molar-refractivity contribution in [3.05, 3.63) is 29.6 Å². The molecule has 0 unspecified atom stereocenters. The minimum Gasteiger partial charge on any atom is -0.375 e. The third kappa shape index (κ3) is 3.21. The maximum atomic E-state index is 11.3. The number of nitriles is 1. The lowest BCUT2D eigenvalue weighted by molar-refractivity contribution is 0.0939. The molecule has 15 heavy (non-hydrogen) atoms. The van der Waals surface area contributed by atoms with Gasteiger partial charge in [-0.1, -0.05) is 0 Å². The first-order valence-corrected chi connectivity index (χ1v) is 4.26. The molecule has 4 N–H and O–H groups in total. The molecule has 1 aromatic rings. The van der Waals surface area contributed by atoms with E-state index < -0.39 is 5.91 Å². The molecule has 7 heteroatoms. The molecule has 1 amide bonds. The molecule has 0 fully saturated rings. The van der Waals surface area contributed by atoms with E-state index in [9.17, 15) is 4.79 Å². The van der Waals surface area contributed by atoms with Crippen LogP contribution in [-0.4, -0.2) is 16.0 Å². The van der Waals surface area contributed by atoms with Gasteiger partial charge in [0.25, 0.3) is 5.91 Å². The molecule has 0 bridgehead atoms. The number of nitrogens with one attached hydrogen (secondary N) is 2. The smallest absolute Gasteiger partial charge is 0.288 e. The van der Waals surface area contributed by atoms with Crippen LogP contribution in [-0.2, 0) is 0 Å². The Morgan fingerprint density at radius 2 is 2.27 bits per heavy atom. The summed E-state index contributed by atoms with van der Waals surface area (Å²) >= 11 is 4.49. The van der Waals surface area contributed by atoms with E-state index in [0.717, 1.165) is 0 Å². The predicted octanol–water partition coefficient (Wildman–Crippen LogP) is -0.569. The van der Waals surface area contributed by atoms with Crippen molar-refractivity contribution in [2.75, 3.05) is 0 Å². The topological polar surface area (TPSA) is 104 Å². The highest BCUT2D eigenvalue weighted by Gasteiger charge is 2.05. The number of amides is 1. The third-order valence-corrected chi connectivity index (χ3v) is 1.53. The van der Waals surface area contributed by atoms with E-state index in [2.05, 4.69) is 28.1 Å². The zero-order valence-electron chi connectivity index (χ0n) is 7.52. The quantitative estimate of drug-likeness (QED) is 0.433. The molecule has 0 aliphatic rings. The SMILES string of the molecule is N#Cc1ccc(C(=O)NNC(N)=S)nc1. The number of carbonyl (C=O) groups is 1. The molecular weight excluding hydrogens is 214 g/mol. The van der Waals surface area contributed by atoms with Crippen molar-refractivity contribution in [2.45, 2.75) is 0 Å². The average molecular weight is 221 g/mol. The molecular formula is C8H7N5OS. The van der Waals surface area contributed by atoms with E-state index in [0.29, 0.717) is 5.56 Å². The molecule has 1 aromatic heterocycles. The van der Waals surface area contributed by atoms with E-state index in [1.54, 1.807) is 0 Å². The van der Waals surface area contributed by atoms with Gasteiger partial charge in [0, 0.05) is 6.20 Å². The van der Waals surface area contributed by atoms with Gasteiger partial charge in [-0.2, -0.15) is 5.26 Å². The van der Waals surface area contributed by atoms with Crippen molar-refractivity contribution >= 4 is 23.2 Å². The number of hydrogen-bond acceptors (Lipinski definition) is 4. The van der Waals surface area contributed by atoms with Crippen molar-refractivity contribution in [2.24, 2.45) is 5.73 Å². The lowest BCUT2D eigenvalue weighted by atomic mass is 10.2. The highest BCUT2D eigenvalue weighted by molar-refractivity contribution is 7.80. The van der Waals surface area contributed by atoms with Gasteiger partial charge in [-0.05, 0) is 24.4 Å². The Hall–Kier alpha value is -2.20. The average Bonchev–Trinajstić information content (AvgIpc) is 2.26. The van der Waals surface area contributed by atoms with Crippen LogP contribution in [0.5, 0.6) is 0 Å². The van der Waals surface area contributed by atoms with Gasteiger partial charge in [-0.15, -0.1) is 0 Å². The molecule has 0 radical (unpaired) electrons. The second-order valence-electron chi connectivity index (χ2n) is 2.49. The monoisotopic (exact) mass is 221 g/mol. The van der Waals surface area contributed by atoms with Crippen LogP contribution in [0.2, 0.25) is 0 Å². The van der Waals surface area contributed by atoms with E-state index in [1.165, 1.54) is 18.3 Å². The number of hydrogen-bond donors (Lipinski definition) is 3. The number of rotatable bonds is 1. The van der Waals surface area contributed by atoms with Crippen LogP contribution in [0.15, 0.2) is 18.3 Å². The Morgan fingerprint density at radius 1 is 1.53 bits per heavy atom. The molecule has 0 saturated carbocycles. The second kappa shape index (κ2) is 4.88. The maximum Gasteiger partial charge on any atom is 0.288 e. The highest BCUT2D eigenvalue weighted by Crippen LogP contribution is 1.97. The van der Waals surface area contributed by atoms with Crippen molar-refractivity contribution in [3.63, 3.8) is 0 Å². The van der Waals surface area contributed by atoms with Gasteiger partial charge in [-0.3, -0.25) is 15.6 Å². The summed E-state index contributed by atoms with van der Waals surface area (Å²) in [7, 11) is 0. The molecule has 1 rings (SSSR count). The largest absolute Gasteiger partial charge is 0.375 e. The number of carbonyl (C=O) groups excluding carboxylic acids is 1. The Balaban J connectivity index is 2.67. The van der Waals surface area contributed by atoms with Gasteiger partial charge in [0.15, 0.2) is 5.11 Å². The fraction of sp³-hybridized carbons (Fsp3) is 0. The summed E-state index contributed by atoms with van der Waals surface area (Å²) in [6.07, 6.45) is 1.30. The van der Waals surface area contributed by atoms with Crippen LogP contribution in [0.3, 0.4) is 0 Å². The first kappa shape index (κ1) is 10.9. The van der Waals surface area contributed by atoms with Crippen LogP contribution in [0.25, 0.3) is 0 Å². The van der Waals surface area contributed by atoms with Crippen molar-refractivity contribution in [1.29, 1.82) is 5.26 Å². The van der Waals surface area contributed by atoms with Crippen molar-refractivity contribution in [1.82, 2.24) is 15.8 Å². The van der Waals surface area contributed by atoms with Crippen LogP contribution < -0.4 is 16.6 Å². The highest BCUT2D eigenvalue weighted by atomic mass is 32.1. The summed E-state index contributed by atoms with van der Waals surface area (Å²) in [5.74, 6) is -0.479. The molecule has 0 saturated heterocycles. The molecule has 0 aromatic carbocycles. The summed E-state index contributed by atoms with van der Waals surface area (Å²) < 4.78 is 0. The molecule has 76 valence electrons. The van der Waals surface area contributed by atoms with Crippen molar-refractivity contribution in [3.8, 4) is 6.07 Å². The zero-order valence-corrected chi connectivity index (χ0v) is 8.34. The molecule has 0 atom stereocenters. The fourth-order valence-electron chi connectivity index (χ4n) is 0.777. The second-order valence-corrected chi connectivity index (χ2v) is 2.93. The van der Waals surface area contributed by atoms with E-state index in [1.807, 2.05) is 6.07 Å². The van der Waals surface area contributed by atoms with E-state index in [-0.39, 0.29) is 10.8 Å². The zero-order chi connectivity index (χ0) is 11.3. The molecule has 0 aliphatic heterocycles. The Kier molecular flexibility index (Phi) is 3.54. The normalized spacial score (nSPS) is 8.73. The van der Waals surface area contributed by atoms with E-state index >= 15 is 0 Å². The molecule has 0 aliphatic carbocycles. The van der Waals surface area contributed by atoms with Gasteiger partial charge >= 0.3 is 0 Å². The Bertz CT molecular complexity index is 422. The van der Waals surface area contributed by atoms with Crippen LogP contribution >= 0.6 is 12.2 Å². The summed E-state index contributed by atoms with van der Waals surface area (Å²) in [4.78, 5) is 15.1. The van der Waals surface area contributed by atoms with Gasteiger partial charge in [-0.25, -0.2) is 4.98 Å². The molecule has 1 heterocycles. The Morgan fingerprint density at radius 3 is 2.73 bits per heavy atom. The first-order chi connectivity index (χ1) is 7.13. The van der Waals surface area contributed by atoms with Gasteiger partial charge in [0.1, 0.15) is 11.8 Å². The lowest BCUT2D eigenvalue weighted by Gasteiger charge is -2.04. The van der Waals surface area contributed by atoms with Crippen LogP contribution in [0.4, 0.5) is 0 Å². The first-order valence-electron chi connectivity index (χ1n) is 3.85.